The third kappa shape index (κ3) is 3.08. The van der Waals surface area contributed by atoms with Crippen LogP contribution in [0.3, 0.4) is 0 Å². The van der Waals surface area contributed by atoms with E-state index in [2.05, 4.69) is 9.72 Å². The Morgan fingerprint density at radius 2 is 2.26 bits per heavy atom. The number of aromatic nitrogens is 1. The van der Waals surface area contributed by atoms with E-state index in [9.17, 15) is 9.59 Å². The number of amides is 1. The summed E-state index contributed by atoms with van der Waals surface area (Å²) in [7, 11) is 1.30. The zero-order valence-electron chi connectivity index (χ0n) is 11.0. The summed E-state index contributed by atoms with van der Waals surface area (Å²) in [5, 5.41) is 0. The monoisotopic (exact) mass is 264 g/mol. The predicted molar refractivity (Wildman–Crippen MR) is 66.6 cm³/mol. The summed E-state index contributed by atoms with van der Waals surface area (Å²) in [6.07, 6.45) is -0.715. The molecule has 6 nitrogen and oxygen atoms in total. The number of esters is 1. The first-order valence-corrected chi connectivity index (χ1v) is 6.04. The number of pyridine rings is 1. The maximum Gasteiger partial charge on any atom is 0.336 e. The Labute approximate surface area is 111 Å². The number of carbonyl (C=O) groups is 2. The predicted octanol–water partition coefficient (Wildman–Crippen LogP) is 0.404. The van der Waals surface area contributed by atoms with Gasteiger partial charge in [0.25, 0.3) is 5.91 Å². The van der Waals surface area contributed by atoms with E-state index in [4.69, 9.17) is 4.74 Å². The molecule has 1 aliphatic rings. The Morgan fingerprint density at radius 1 is 1.47 bits per heavy atom. The van der Waals surface area contributed by atoms with Crippen molar-refractivity contribution in [3.8, 4) is 0 Å². The number of methoxy groups -OCH3 is 1. The lowest BCUT2D eigenvalue weighted by Gasteiger charge is -2.31. The second kappa shape index (κ2) is 5.79. The Balaban J connectivity index is 2.09. The van der Waals surface area contributed by atoms with Crippen molar-refractivity contribution in [2.45, 2.75) is 13.0 Å². The van der Waals surface area contributed by atoms with Crippen LogP contribution in [0.2, 0.25) is 0 Å². The zero-order chi connectivity index (χ0) is 13.8. The number of hydrogen-bond acceptors (Lipinski definition) is 5. The molecule has 1 fully saturated rings. The number of morpholine rings is 1. The van der Waals surface area contributed by atoms with Gasteiger partial charge in [0.05, 0.1) is 20.3 Å². The first-order chi connectivity index (χ1) is 9.11. The molecule has 0 radical (unpaired) electrons. The van der Waals surface area contributed by atoms with Gasteiger partial charge in [-0.2, -0.15) is 0 Å². The van der Waals surface area contributed by atoms with Gasteiger partial charge in [-0.05, 0) is 19.1 Å². The highest BCUT2D eigenvalue weighted by Crippen LogP contribution is 2.10. The van der Waals surface area contributed by atoms with E-state index in [1.165, 1.54) is 7.11 Å². The molecule has 19 heavy (non-hydrogen) atoms. The molecule has 102 valence electrons. The fourth-order valence-electron chi connectivity index (χ4n) is 1.93. The molecule has 1 aromatic heterocycles. The highest BCUT2D eigenvalue weighted by Gasteiger charge is 2.30. The summed E-state index contributed by atoms with van der Waals surface area (Å²) in [4.78, 5) is 29.4. The highest BCUT2D eigenvalue weighted by atomic mass is 16.6. The molecular weight excluding hydrogens is 248 g/mol. The third-order valence-corrected chi connectivity index (χ3v) is 2.93. The van der Waals surface area contributed by atoms with Crippen molar-refractivity contribution in [3.63, 3.8) is 0 Å². The normalized spacial score (nSPS) is 19.1. The van der Waals surface area contributed by atoms with Crippen LogP contribution in [-0.4, -0.2) is 54.7 Å². The molecule has 2 heterocycles. The van der Waals surface area contributed by atoms with E-state index < -0.39 is 12.1 Å². The van der Waals surface area contributed by atoms with Crippen molar-refractivity contribution in [1.82, 2.24) is 9.88 Å². The van der Waals surface area contributed by atoms with Crippen LogP contribution in [0.25, 0.3) is 0 Å². The summed E-state index contributed by atoms with van der Waals surface area (Å²) < 4.78 is 9.91. The van der Waals surface area contributed by atoms with Crippen molar-refractivity contribution in [2.24, 2.45) is 0 Å². The molecule has 0 bridgehead atoms. The van der Waals surface area contributed by atoms with E-state index >= 15 is 0 Å². The van der Waals surface area contributed by atoms with Crippen molar-refractivity contribution >= 4 is 11.9 Å². The van der Waals surface area contributed by atoms with E-state index in [1.807, 2.05) is 13.0 Å². The van der Waals surface area contributed by atoms with Crippen molar-refractivity contribution in [2.75, 3.05) is 26.8 Å². The van der Waals surface area contributed by atoms with Crippen molar-refractivity contribution in [3.05, 3.63) is 29.6 Å². The number of nitrogens with zero attached hydrogens (tertiary/aromatic N) is 2. The SMILES string of the molecule is COC(=O)C1CN(C(=O)c2cccc(C)n2)CCO1. The van der Waals surface area contributed by atoms with Crippen LogP contribution >= 0.6 is 0 Å². The molecule has 1 amide bonds. The van der Waals surface area contributed by atoms with Crippen LogP contribution in [0.15, 0.2) is 18.2 Å². The van der Waals surface area contributed by atoms with Crippen LogP contribution in [0.5, 0.6) is 0 Å². The van der Waals surface area contributed by atoms with E-state index in [-0.39, 0.29) is 12.5 Å². The standard InChI is InChI=1S/C13H16N2O4/c1-9-4-3-5-10(14-9)12(16)15-6-7-19-11(8-15)13(17)18-2/h3-5,11H,6-8H2,1-2H3. The molecular formula is C13H16N2O4. The molecule has 0 aromatic carbocycles. The molecule has 2 rings (SSSR count). The molecule has 1 aliphatic heterocycles. The first-order valence-electron chi connectivity index (χ1n) is 6.04. The number of aryl methyl sites for hydroxylation is 1. The lowest BCUT2D eigenvalue weighted by Crippen LogP contribution is -2.49. The second-order valence-electron chi connectivity index (χ2n) is 4.30. The Morgan fingerprint density at radius 3 is 2.95 bits per heavy atom. The van der Waals surface area contributed by atoms with Gasteiger partial charge in [-0.15, -0.1) is 0 Å². The Hall–Kier alpha value is -1.95. The van der Waals surface area contributed by atoms with Crippen molar-refractivity contribution in [1.29, 1.82) is 0 Å². The van der Waals surface area contributed by atoms with Gasteiger partial charge >= 0.3 is 5.97 Å². The minimum atomic E-state index is -0.715. The van der Waals surface area contributed by atoms with Gasteiger partial charge in [-0.3, -0.25) is 4.79 Å². The number of ether oxygens (including phenoxy) is 2. The Bertz CT molecular complexity index is 489. The molecule has 1 unspecified atom stereocenters. The summed E-state index contributed by atoms with van der Waals surface area (Å²) in [6, 6.07) is 5.28. The first kappa shape index (κ1) is 13.5. The molecule has 0 aliphatic carbocycles. The van der Waals surface area contributed by atoms with Gasteiger partial charge in [-0.25, -0.2) is 9.78 Å². The van der Waals surface area contributed by atoms with E-state index in [1.54, 1.807) is 17.0 Å². The van der Waals surface area contributed by atoms with Crippen LogP contribution < -0.4 is 0 Å². The number of carbonyl (C=O) groups excluding carboxylic acids is 2. The van der Waals surface area contributed by atoms with E-state index in [0.717, 1.165) is 5.69 Å². The zero-order valence-corrected chi connectivity index (χ0v) is 11.0. The molecule has 0 saturated carbocycles. The van der Waals surface area contributed by atoms with Gasteiger partial charge in [0.2, 0.25) is 0 Å². The average molecular weight is 264 g/mol. The fraction of sp³-hybridized carbons (Fsp3) is 0.462. The summed E-state index contributed by atoms with van der Waals surface area (Å²) in [5.74, 6) is -0.657. The highest BCUT2D eigenvalue weighted by molar-refractivity contribution is 5.92. The molecule has 0 N–H and O–H groups in total. The van der Waals surface area contributed by atoms with Gasteiger partial charge in [0.15, 0.2) is 6.10 Å². The van der Waals surface area contributed by atoms with Crippen molar-refractivity contribution < 1.29 is 19.1 Å². The van der Waals surface area contributed by atoms with Gasteiger partial charge in [0, 0.05) is 12.2 Å². The molecule has 6 heteroatoms. The molecule has 1 atom stereocenters. The van der Waals surface area contributed by atoms with Crippen LogP contribution in [0.4, 0.5) is 0 Å². The molecule has 1 aromatic rings. The van der Waals surface area contributed by atoms with Crippen LogP contribution in [0.1, 0.15) is 16.2 Å². The summed E-state index contributed by atoms with van der Waals surface area (Å²) >= 11 is 0. The second-order valence-corrected chi connectivity index (χ2v) is 4.30. The van der Waals surface area contributed by atoms with E-state index in [0.29, 0.717) is 18.8 Å². The van der Waals surface area contributed by atoms with Gasteiger partial charge in [0.1, 0.15) is 5.69 Å². The van der Waals surface area contributed by atoms with Crippen LogP contribution in [-0.2, 0) is 14.3 Å². The topological polar surface area (TPSA) is 68.7 Å². The molecule has 0 spiro atoms. The average Bonchev–Trinajstić information content (AvgIpc) is 2.45. The largest absolute Gasteiger partial charge is 0.467 e. The number of rotatable bonds is 2. The minimum absolute atomic E-state index is 0.194. The Kier molecular flexibility index (Phi) is 4.11. The molecule has 1 saturated heterocycles. The van der Waals surface area contributed by atoms with Gasteiger partial charge in [-0.1, -0.05) is 6.07 Å². The minimum Gasteiger partial charge on any atom is -0.467 e. The summed E-state index contributed by atoms with van der Waals surface area (Å²) in [5.41, 5.74) is 1.16. The lowest BCUT2D eigenvalue weighted by atomic mass is 10.2. The maximum absolute atomic E-state index is 12.3. The van der Waals surface area contributed by atoms with Crippen LogP contribution in [0, 0.1) is 6.92 Å². The summed E-state index contributed by atoms with van der Waals surface area (Å²) in [6.45, 7) is 2.79. The quantitative estimate of drug-likeness (QED) is 0.723. The third-order valence-electron chi connectivity index (χ3n) is 2.93. The smallest absolute Gasteiger partial charge is 0.336 e. The lowest BCUT2D eigenvalue weighted by molar-refractivity contribution is -0.158. The number of hydrogen-bond donors (Lipinski definition) is 0. The fourth-order valence-corrected chi connectivity index (χ4v) is 1.93. The maximum atomic E-state index is 12.3. The van der Waals surface area contributed by atoms with Gasteiger partial charge < -0.3 is 14.4 Å².